The van der Waals surface area contributed by atoms with Gasteiger partial charge in [-0.25, -0.2) is 0 Å². The summed E-state index contributed by atoms with van der Waals surface area (Å²) in [5.41, 5.74) is 0.191. The molecule has 1 unspecified atom stereocenters. The van der Waals surface area contributed by atoms with Crippen molar-refractivity contribution in [2.24, 2.45) is 17.3 Å². The highest BCUT2D eigenvalue weighted by Gasteiger charge is 2.66. The largest absolute Gasteiger partial charge is 0.481 e. The van der Waals surface area contributed by atoms with Crippen LogP contribution < -0.4 is 5.32 Å². The van der Waals surface area contributed by atoms with Crippen molar-refractivity contribution in [3.8, 4) is 0 Å². The Kier molecular flexibility index (Phi) is 3.16. The van der Waals surface area contributed by atoms with E-state index in [1.165, 1.54) is 0 Å². The lowest BCUT2D eigenvalue weighted by Crippen LogP contribution is -2.31. The van der Waals surface area contributed by atoms with Gasteiger partial charge in [0.15, 0.2) is 11.5 Å². The molecule has 0 saturated heterocycles. The number of rotatable bonds is 4. The van der Waals surface area contributed by atoms with Gasteiger partial charge in [-0.2, -0.15) is 0 Å². The molecular weight excluding hydrogens is 284 g/mol. The second-order valence-corrected chi connectivity index (χ2v) is 6.33. The quantitative estimate of drug-likeness (QED) is 0.886. The molecule has 2 aromatic rings. The summed E-state index contributed by atoms with van der Waals surface area (Å²) in [4.78, 5) is 23.5. The van der Waals surface area contributed by atoms with Gasteiger partial charge in [0.1, 0.15) is 0 Å². The number of nitrogens with zero attached hydrogens (tertiary/aromatic N) is 3. The number of carboxylic acid groups (broad SMARTS) is 1. The van der Waals surface area contributed by atoms with E-state index in [4.69, 9.17) is 5.11 Å². The van der Waals surface area contributed by atoms with Crippen molar-refractivity contribution in [3.63, 3.8) is 0 Å². The first kappa shape index (κ1) is 14.5. The molecule has 0 spiro atoms. The zero-order valence-corrected chi connectivity index (χ0v) is 12.6. The van der Waals surface area contributed by atoms with E-state index in [0.29, 0.717) is 11.5 Å². The maximum Gasteiger partial charge on any atom is 0.307 e. The van der Waals surface area contributed by atoms with Crippen LogP contribution in [0.3, 0.4) is 0 Å². The number of carbonyl (C=O) groups is 2. The zero-order chi connectivity index (χ0) is 16.1. The Morgan fingerprint density at radius 1 is 1.32 bits per heavy atom. The minimum atomic E-state index is -0.925. The summed E-state index contributed by atoms with van der Waals surface area (Å²) in [6.07, 6.45) is 1.83. The Balaban J connectivity index is 1.76. The predicted molar refractivity (Wildman–Crippen MR) is 77.9 cm³/mol. The maximum absolute atomic E-state index is 12.3. The van der Waals surface area contributed by atoms with Crippen LogP contribution in [0.2, 0.25) is 0 Å². The first-order valence-electron chi connectivity index (χ1n) is 7.17. The van der Waals surface area contributed by atoms with Gasteiger partial charge in [-0.1, -0.05) is 19.9 Å². The van der Waals surface area contributed by atoms with E-state index in [1.54, 1.807) is 18.2 Å². The molecule has 1 aliphatic rings. The molecule has 1 saturated carbocycles. The van der Waals surface area contributed by atoms with Crippen LogP contribution in [0.25, 0.3) is 5.65 Å². The Bertz CT molecular complexity index is 752. The van der Waals surface area contributed by atoms with Crippen LogP contribution >= 0.6 is 0 Å². The molecule has 0 bridgehead atoms. The molecule has 3 atom stereocenters. The SMILES string of the molecule is CC(NC(=O)[C@@H]1[C@H](C(=O)O)C1(C)C)c1nnc2ccccn12. The molecule has 2 N–H and O–H groups in total. The number of carbonyl (C=O) groups excluding carboxylic acids is 1. The Morgan fingerprint density at radius 3 is 2.68 bits per heavy atom. The van der Waals surface area contributed by atoms with E-state index in [0.717, 1.165) is 0 Å². The van der Waals surface area contributed by atoms with Crippen LogP contribution in [0.5, 0.6) is 0 Å². The molecule has 0 radical (unpaired) electrons. The molecule has 116 valence electrons. The van der Waals surface area contributed by atoms with Gasteiger partial charge < -0.3 is 10.4 Å². The van der Waals surface area contributed by atoms with Gasteiger partial charge in [-0.15, -0.1) is 10.2 Å². The second kappa shape index (κ2) is 4.79. The number of aromatic nitrogens is 3. The molecule has 1 amide bonds. The van der Waals surface area contributed by atoms with Gasteiger partial charge in [0, 0.05) is 6.20 Å². The average molecular weight is 302 g/mol. The summed E-state index contributed by atoms with van der Waals surface area (Å²) in [5.74, 6) is -1.70. The van der Waals surface area contributed by atoms with Crippen molar-refractivity contribution in [1.29, 1.82) is 0 Å². The van der Waals surface area contributed by atoms with Gasteiger partial charge in [-0.05, 0) is 24.5 Å². The molecule has 22 heavy (non-hydrogen) atoms. The lowest BCUT2D eigenvalue weighted by molar-refractivity contribution is -0.140. The average Bonchev–Trinajstić information content (AvgIpc) is 2.83. The third-order valence-electron chi connectivity index (χ3n) is 4.46. The van der Waals surface area contributed by atoms with Crippen molar-refractivity contribution in [2.75, 3.05) is 0 Å². The Labute approximate surface area is 127 Å². The smallest absolute Gasteiger partial charge is 0.307 e. The van der Waals surface area contributed by atoms with Crippen LogP contribution in [0.4, 0.5) is 0 Å². The molecule has 1 fully saturated rings. The minimum absolute atomic E-state index is 0.252. The standard InChI is InChI=1S/C15H18N4O3/c1-8(12-18-17-9-6-4-5-7-19(9)12)16-13(20)10-11(14(21)22)15(10,2)3/h4-8,10-11H,1-3H3,(H,16,20)(H,21,22)/t8?,10-,11+/m0/s1. The molecule has 7 nitrogen and oxygen atoms in total. The second-order valence-electron chi connectivity index (χ2n) is 6.33. The number of hydrogen-bond acceptors (Lipinski definition) is 4. The molecule has 2 heterocycles. The van der Waals surface area contributed by atoms with Crippen LogP contribution in [0, 0.1) is 17.3 Å². The number of fused-ring (bicyclic) bond motifs is 1. The van der Waals surface area contributed by atoms with E-state index in [-0.39, 0.29) is 11.9 Å². The van der Waals surface area contributed by atoms with Gasteiger partial charge in [0.05, 0.1) is 17.9 Å². The zero-order valence-electron chi connectivity index (χ0n) is 12.6. The fourth-order valence-corrected chi connectivity index (χ4v) is 3.11. The monoisotopic (exact) mass is 302 g/mol. The highest BCUT2D eigenvalue weighted by molar-refractivity contribution is 5.91. The number of aliphatic carboxylic acids is 1. The normalized spacial score (nSPS) is 24.0. The van der Waals surface area contributed by atoms with Gasteiger partial charge in [-0.3, -0.25) is 14.0 Å². The number of amides is 1. The van der Waals surface area contributed by atoms with Crippen LogP contribution in [0.1, 0.15) is 32.6 Å². The van der Waals surface area contributed by atoms with Crippen LogP contribution in [0.15, 0.2) is 24.4 Å². The van der Waals surface area contributed by atoms with Gasteiger partial charge in [0.25, 0.3) is 0 Å². The van der Waals surface area contributed by atoms with E-state index in [9.17, 15) is 9.59 Å². The molecular formula is C15H18N4O3. The Morgan fingerprint density at radius 2 is 2.05 bits per heavy atom. The topological polar surface area (TPSA) is 96.6 Å². The van der Waals surface area contributed by atoms with Crippen molar-refractivity contribution >= 4 is 17.5 Å². The lowest BCUT2D eigenvalue weighted by Gasteiger charge is -2.13. The lowest BCUT2D eigenvalue weighted by atomic mass is 10.1. The summed E-state index contributed by atoms with van der Waals surface area (Å²) in [7, 11) is 0. The molecule has 1 aliphatic carbocycles. The van der Waals surface area contributed by atoms with Crippen molar-refractivity contribution in [2.45, 2.75) is 26.8 Å². The van der Waals surface area contributed by atoms with Gasteiger partial charge >= 0.3 is 5.97 Å². The van der Waals surface area contributed by atoms with Crippen LogP contribution in [-0.2, 0) is 9.59 Å². The van der Waals surface area contributed by atoms with Crippen molar-refractivity contribution in [3.05, 3.63) is 30.2 Å². The highest BCUT2D eigenvalue weighted by atomic mass is 16.4. The van der Waals surface area contributed by atoms with Crippen molar-refractivity contribution in [1.82, 2.24) is 19.9 Å². The first-order chi connectivity index (χ1) is 10.3. The summed E-state index contributed by atoms with van der Waals surface area (Å²) >= 11 is 0. The number of hydrogen-bond donors (Lipinski definition) is 2. The first-order valence-corrected chi connectivity index (χ1v) is 7.17. The molecule has 3 rings (SSSR count). The summed E-state index contributed by atoms with van der Waals surface area (Å²) < 4.78 is 1.80. The van der Waals surface area contributed by atoms with Crippen LogP contribution in [-0.4, -0.2) is 31.6 Å². The van der Waals surface area contributed by atoms with E-state index in [1.807, 2.05) is 31.3 Å². The van der Waals surface area contributed by atoms with E-state index >= 15 is 0 Å². The third-order valence-corrected chi connectivity index (χ3v) is 4.46. The summed E-state index contributed by atoms with van der Waals surface area (Å²) in [6, 6.07) is 5.20. The number of nitrogens with one attached hydrogen (secondary N) is 1. The molecule has 7 heteroatoms. The third kappa shape index (κ3) is 2.13. The fourth-order valence-electron chi connectivity index (χ4n) is 3.11. The van der Waals surface area contributed by atoms with Crippen molar-refractivity contribution < 1.29 is 14.7 Å². The fraction of sp³-hybridized carbons (Fsp3) is 0.467. The Hall–Kier alpha value is -2.44. The highest BCUT2D eigenvalue weighted by Crippen LogP contribution is 2.58. The predicted octanol–water partition coefficient (Wildman–Crippen LogP) is 1.26. The molecule has 0 aliphatic heterocycles. The van der Waals surface area contributed by atoms with Gasteiger partial charge in [0.2, 0.25) is 5.91 Å². The van der Waals surface area contributed by atoms with E-state index in [2.05, 4.69) is 15.5 Å². The molecule has 2 aromatic heterocycles. The van der Waals surface area contributed by atoms with E-state index < -0.39 is 23.2 Å². The molecule has 0 aromatic carbocycles. The summed E-state index contributed by atoms with van der Waals surface area (Å²) in [5, 5.41) is 20.2. The number of pyridine rings is 1. The summed E-state index contributed by atoms with van der Waals surface area (Å²) in [6.45, 7) is 5.41. The maximum atomic E-state index is 12.3. The number of carboxylic acids is 1. The minimum Gasteiger partial charge on any atom is -0.481 e.